The molecule has 3 rings (SSSR count). The Morgan fingerprint density at radius 3 is 2.56 bits per heavy atom. The van der Waals surface area contributed by atoms with Crippen LogP contribution in [0.1, 0.15) is 25.8 Å². The maximum atomic E-state index is 13.2. The van der Waals surface area contributed by atoms with E-state index in [-0.39, 0.29) is 29.1 Å². The van der Waals surface area contributed by atoms with E-state index < -0.39 is 17.0 Å². The summed E-state index contributed by atoms with van der Waals surface area (Å²) in [7, 11) is 0. The van der Waals surface area contributed by atoms with Gasteiger partial charge >= 0.3 is 0 Å². The summed E-state index contributed by atoms with van der Waals surface area (Å²) >= 11 is 0. The van der Waals surface area contributed by atoms with Gasteiger partial charge in [0.2, 0.25) is 5.91 Å². The second-order valence-corrected chi connectivity index (χ2v) is 7.60. The molecule has 0 saturated carbocycles. The van der Waals surface area contributed by atoms with Gasteiger partial charge in [0.25, 0.3) is 0 Å². The molecule has 1 aliphatic heterocycles. The standard InChI is InChI=1S/C19H18F2N2O2/c1-18(2)9-19(7-13(8-22)17(18)25)10-23(11-19)16(24)6-12-3-4-14(20)15(21)5-12/h3-5,7H,6,9-11H2,1-2H3. The summed E-state index contributed by atoms with van der Waals surface area (Å²) in [6.07, 6.45) is 2.27. The highest BCUT2D eigenvalue weighted by Gasteiger charge is 2.52. The van der Waals surface area contributed by atoms with Gasteiger partial charge in [0.15, 0.2) is 17.4 Å². The number of nitriles is 1. The van der Waals surface area contributed by atoms with Crippen LogP contribution < -0.4 is 0 Å². The van der Waals surface area contributed by atoms with Crippen molar-refractivity contribution in [2.24, 2.45) is 10.8 Å². The number of likely N-dealkylation sites (tertiary alicyclic amines) is 1. The maximum Gasteiger partial charge on any atom is 0.227 e. The summed E-state index contributed by atoms with van der Waals surface area (Å²) < 4.78 is 26.2. The van der Waals surface area contributed by atoms with Gasteiger partial charge in [-0.1, -0.05) is 26.0 Å². The second-order valence-electron chi connectivity index (χ2n) is 7.60. The molecule has 1 fully saturated rings. The molecule has 2 aliphatic rings. The van der Waals surface area contributed by atoms with Gasteiger partial charge in [-0.25, -0.2) is 8.78 Å². The topological polar surface area (TPSA) is 61.2 Å². The highest BCUT2D eigenvalue weighted by Crippen LogP contribution is 2.48. The second kappa shape index (κ2) is 5.76. The van der Waals surface area contributed by atoms with Crippen molar-refractivity contribution in [2.75, 3.05) is 13.1 Å². The smallest absolute Gasteiger partial charge is 0.227 e. The minimum atomic E-state index is -0.973. The number of carbonyl (C=O) groups excluding carboxylic acids is 2. The Bertz CT molecular complexity index is 830. The van der Waals surface area contributed by atoms with Gasteiger partial charge < -0.3 is 4.90 Å². The largest absolute Gasteiger partial charge is 0.341 e. The molecule has 0 N–H and O–H groups in total. The molecule has 0 bridgehead atoms. The molecule has 1 saturated heterocycles. The summed E-state index contributed by atoms with van der Waals surface area (Å²) in [5, 5.41) is 9.18. The van der Waals surface area contributed by atoms with Crippen LogP contribution in [0.5, 0.6) is 0 Å². The van der Waals surface area contributed by atoms with Crippen molar-refractivity contribution in [1.82, 2.24) is 4.90 Å². The van der Waals surface area contributed by atoms with Crippen LogP contribution in [0.25, 0.3) is 0 Å². The molecule has 1 spiro atoms. The van der Waals surface area contributed by atoms with Crippen molar-refractivity contribution < 1.29 is 18.4 Å². The van der Waals surface area contributed by atoms with Crippen molar-refractivity contribution in [2.45, 2.75) is 26.7 Å². The molecule has 1 aromatic rings. The Kier molecular flexibility index (Phi) is 3.98. The lowest BCUT2D eigenvalue weighted by atomic mass is 9.61. The first-order valence-electron chi connectivity index (χ1n) is 8.05. The molecule has 1 heterocycles. The fraction of sp³-hybridized carbons (Fsp3) is 0.421. The number of amides is 1. The molecule has 1 amide bonds. The molecule has 25 heavy (non-hydrogen) atoms. The van der Waals surface area contributed by atoms with Crippen LogP contribution in [0.3, 0.4) is 0 Å². The number of halogens is 2. The van der Waals surface area contributed by atoms with Crippen molar-refractivity contribution >= 4 is 11.7 Å². The van der Waals surface area contributed by atoms with E-state index >= 15 is 0 Å². The van der Waals surface area contributed by atoms with Crippen molar-refractivity contribution in [3.8, 4) is 6.07 Å². The first-order valence-corrected chi connectivity index (χ1v) is 8.05. The van der Waals surface area contributed by atoms with Gasteiger partial charge in [0.1, 0.15) is 6.07 Å². The molecule has 1 aliphatic carbocycles. The highest BCUT2D eigenvalue weighted by atomic mass is 19.2. The molecular weight excluding hydrogens is 326 g/mol. The number of nitrogens with zero attached hydrogens (tertiary/aromatic N) is 2. The van der Waals surface area contributed by atoms with Gasteiger partial charge in [0.05, 0.1) is 12.0 Å². The van der Waals surface area contributed by atoms with Crippen molar-refractivity contribution in [3.63, 3.8) is 0 Å². The zero-order chi connectivity index (χ0) is 18.4. The van der Waals surface area contributed by atoms with E-state index in [4.69, 9.17) is 0 Å². The lowest BCUT2D eigenvalue weighted by molar-refractivity contribution is -0.143. The maximum absolute atomic E-state index is 13.2. The average Bonchev–Trinajstić information content (AvgIpc) is 2.51. The molecule has 6 heteroatoms. The number of hydrogen-bond donors (Lipinski definition) is 0. The Morgan fingerprint density at radius 2 is 1.96 bits per heavy atom. The fourth-order valence-electron chi connectivity index (χ4n) is 3.86. The molecule has 0 atom stereocenters. The SMILES string of the molecule is CC1(C)CC2(C=C(C#N)C1=O)CN(C(=O)Cc1ccc(F)c(F)c1)C2. The molecule has 0 unspecified atom stereocenters. The van der Waals surface area contributed by atoms with E-state index in [2.05, 4.69) is 0 Å². The summed E-state index contributed by atoms with van der Waals surface area (Å²) in [5.41, 5.74) is -0.414. The fourth-order valence-corrected chi connectivity index (χ4v) is 3.86. The number of ketones is 1. The minimum absolute atomic E-state index is 0.00950. The van der Waals surface area contributed by atoms with Crippen LogP contribution in [0.15, 0.2) is 29.8 Å². The van der Waals surface area contributed by atoms with Crippen LogP contribution in [0.4, 0.5) is 8.78 Å². The normalized spacial score (nSPS) is 20.7. The van der Waals surface area contributed by atoms with Crippen LogP contribution in [-0.2, 0) is 16.0 Å². The van der Waals surface area contributed by atoms with E-state index in [1.165, 1.54) is 6.07 Å². The molecule has 130 valence electrons. The zero-order valence-electron chi connectivity index (χ0n) is 14.1. The molecular formula is C19H18F2N2O2. The summed E-state index contributed by atoms with van der Waals surface area (Å²) in [4.78, 5) is 26.2. The molecule has 1 aromatic carbocycles. The van der Waals surface area contributed by atoms with E-state index in [1.54, 1.807) is 11.0 Å². The van der Waals surface area contributed by atoms with Gasteiger partial charge in [-0.05, 0) is 24.1 Å². The Balaban J connectivity index is 1.70. The predicted molar refractivity (Wildman–Crippen MR) is 86.2 cm³/mol. The lowest BCUT2D eigenvalue weighted by Crippen LogP contribution is -2.61. The van der Waals surface area contributed by atoms with Gasteiger partial charge in [-0.3, -0.25) is 9.59 Å². The highest BCUT2D eigenvalue weighted by molar-refractivity contribution is 6.03. The summed E-state index contributed by atoms with van der Waals surface area (Å²) in [6, 6.07) is 5.38. The number of carbonyl (C=O) groups is 2. The van der Waals surface area contributed by atoms with Gasteiger partial charge in [-0.2, -0.15) is 5.26 Å². The first kappa shape index (κ1) is 17.3. The molecule has 4 nitrogen and oxygen atoms in total. The monoisotopic (exact) mass is 344 g/mol. The third kappa shape index (κ3) is 3.07. The van der Waals surface area contributed by atoms with Crippen LogP contribution >= 0.6 is 0 Å². The quantitative estimate of drug-likeness (QED) is 0.829. The average molecular weight is 344 g/mol. The Hall–Kier alpha value is -2.55. The summed E-state index contributed by atoms with van der Waals surface area (Å²) in [6.45, 7) is 4.48. The Morgan fingerprint density at radius 1 is 1.28 bits per heavy atom. The minimum Gasteiger partial charge on any atom is -0.341 e. The summed E-state index contributed by atoms with van der Waals surface area (Å²) in [5.74, 6) is -2.26. The van der Waals surface area contributed by atoms with E-state index in [0.717, 1.165) is 12.1 Å². The van der Waals surface area contributed by atoms with Gasteiger partial charge in [0, 0.05) is 23.9 Å². The van der Waals surface area contributed by atoms with Crippen LogP contribution in [0, 0.1) is 33.8 Å². The number of allylic oxidation sites excluding steroid dienone is 1. The third-order valence-electron chi connectivity index (χ3n) is 4.93. The Labute approximate surface area is 144 Å². The molecule has 0 radical (unpaired) electrons. The number of benzene rings is 1. The third-order valence-corrected chi connectivity index (χ3v) is 4.93. The van der Waals surface area contributed by atoms with E-state index in [0.29, 0.717) is 25.1 Å². The van der Waals surface area contributed by atoms with E-state index in [1.807, 2.05) is 19.9 Å². The number of hydrogen-bond acceptors (Lipinski definition) is 3. The van der Waals surface area contributed by atoms with Gasteiger partial charge in [-0.15, -0.1) is 0 Å². The van der Waals surface area contributed by atoms with E-state index in [9.17, 15) is 23.6 Å². The molecule has 0 aromatic heterocycles. The number of Topliss-reactive ketones (excluding diaryl/α,β-unsaturated/α-hetero) is 1. The lowest BCUT2D eigenvalue weighted by Gasteiger charge is -2.53. The van der Waals surface area contributed by atoms with Crippen LogP contribution in [-0.4, -0.2) is 29.7 Å². The zero-order valence-corrected chi connectivity index (χ0v) is 14.1. The van der Waals surface area contributed by atoms with Crippen LogP contribution in [0.2, 0.25) is 0 Å². The van der Waals surface area contributed by atoms with Crippen molar-refractivity contribution in [3.05, 3.63) is 47.0 Å². The first-order chi connectivity index (χ1) is 11.7. The number of rotatable bonds is 2. The predicted octanol–water partition coefficient (Wildman–Crippen LogP) is 2.78. The van der Waals surface area contributed by atoms with Crippen molar-refractivity contribution in [1.29, 1.82) is 5.26 Å².